The largest absolute Gasteiger partial charge is 0.424 e. The number of hydrogen-bond donors (Lipinski definition) is 2. The fourth-order valence-electron chi connectivity index (χ4n) is 6.46. The van der Waals surface area contributed by atoms with Crippen LogP contribution in [0.2, 0.25) is 0 Å². The second-order valence-electron chi connectivity index (χ2n) is 17.9. The summed E-state index contributed by atoms with van der Waals surface area (Å²) in [6.45, 7) is 11.2. The first kappa shape index (κ1) is 74.1. The zero-order chi connectivity index (χ0) is 50.5. The molecule has 18 heteroatoms. The van der Waals surface area contributed by atoms with E-state index in [1.165, 1.54) is 135 Å². The zero-order valence-corrected chi connectivity index (χ0v) is 49.7. The second kappa shape index (κ2) is 57.4. The fourth-order valence-corrected chi connectivity index (χ4v) is 9.07. The second-order valence-corrected chi connectivity index (χ2v) is 28.9. The molecule has 0 bridgehead atoms. The molecule has 66 heavy (non-hydrogen) atoms. The number of nitrogens with zero attached hydrogens (tertiary/aromatic N) is 2. The Bertz CT molecular complexity index is 1030. The van der Waals surface area contributed by atoms with Gasteiger partial charge in [-0.1, -0.05) is 182 Å². The number of rotatable bonds is 46. The van der Waals surface area contributed by atoms with E-state index in [0.29, 0.717) is 33.0 Å². The summed E-state index contributed by atoms with van der Waals surface area (Å²) in [6.07, 6.45) is 38.4. The summed E-state index contributed by atoms with van der Waals surface area (Å²) < 4.78 is 56.4. The van der Waals surface area contributed by atoms with Crippen molar-refractivity contribution in [3.05, 3.63) is 0 Å². The zero-order valence-electron chi connectivity index (χ0n) is 44.0. The average Bonchev–Trinajstić information content (AvgIpc) is 3.24. The monoisotopic (exact) mass is 1080 g/mol. The molecular weight excluding hydrogens is 979 g/mol. The third kappa shape index (κ3) is 77.0. The van der Waals surface area contributed by atoms with Crippen molar-refractivity contribution in [1.29, 1.82) is 0 Å². The SMILES string of the molecule is CCCCCCCCCOP(=O)(Cl)OCCCCCCCCC.CCCCCCCCCOP(=O)(NCCCCN(C)C)OCCCCCCCCC.CN(C)CCCCN.O=P(Cl)(Cl)Cl. The van der Waals surface area contributed by atoms with Gasteiger partial charge in [-0.25, -0.2) is 14.2 Å². The van der Waals surface area contributed by atoms with Gasteiger partial charge in [-0.05, 0) is 133 Å². The van der Waals surface area contributed by atoms with Crippen LogP contribution in [0.1, 0.15) is 233 Å². The van der Waals surface area contributed by atoms with Crippen molar-refractivity contribution < 1.29 is 31.8 Å². The fraction of sp³-hybridized carbons (Fsp3) is 1.00. The van der Waals surface area contributed by atoms with Gasteiger partial charge in [-0.2, -0.15) is 0 Å². The number of nitrogens with two attached hydrogens (primary N) is 1. The van der Waals surface area contributed by atoms with Gasteiger partial charge in [0.1, 0.15) is 0 Å². The first-order valence-electron chi connectivity index (χ1n) is 26.3. The van der Waals surface area contributed by atoms with Crippen molar-refractivity contribution in [2.45, 2.75) is 233 Å². The summed E-state index contributed by atoms with van der Waals surface area (Å²) >= 11 is 19.7. The highest BCUT2D eigenvalue weighted by Gasteiger charge is 2.24. The molecule has 0 heterocycles. The molecular formula is C48H107Cl4N4O7P3. The number of halogens is 4. The van der Waals surface area contributed by atoms with Crippen LogP contribution in [0.3, 0.4) is 0 Å². The minimum atomic E-state index is -3.35. The van der Waals surface area contributed by atoms with E-state index in [2.05, 4.69) is 104 Å². The molecule has 0 amide bonds. The van der Waals surface area contributed by atoms with Gasteiger partial charge in [0, 0.05) is 17.8 Å². The maximum absolute atomic E-state index is 13.1. The average molecular weight is 1090 g/mol. The Balaban J connectivity index is -0.000000466. The molecule has 404 valence electrons. The van der Waals surface area contributed by atoms with Crippen LogP contribution in [0.4, 0.5) is 0 Å². The summed E-state index contributed by atoms with van der Waals surface area (Å²) in [5, 5.41) is -0.122. The first-order chi connectivity index (χ1) is 31.4. The van der Waals surface area contributed by atoms with Gasteiger partial charge in [0.25, 0.3) is 0 Å². The van der Waals surface area contributed by atoms with Crippen molar-refractivity contribution in [2.24, 2.45) is 5.73 Å². The summed E-state index contributed by atoms with van der Waals surface area (Å²) in [7, 11) is 5.14. The molecule has 0 rings (SSSR count). The quantitative estimate of drug-likeness (QED) is 0.0446. The summed E-state index contributed by atoms with van der Waals surface area (Å²) in [5.74, 6) is 0. The molecule has 3 N–H and O–H groups in total. The van der Waals surface area contributed by atoms with Gasteiger partial charge in [0.2, 0.25) is 0 Å². The van der Waals surface area contributed by atoms with E-state index in [4.69, 9.17) is 35.1 Å². The van der Waals surface area contributed by atoms with E-state index < -0.39 is 19.9 Å². The molecule has 0 spiro atoms. The summed E-state index contributed by atoms with van der Waals surface area (Å²) in [5.41, 5.74) is 5.30. The normalized spacial score (nSPS) is 11.9. The Morgan fingerprint density at radius 3 is 0.924 bits per heavy atom. The summed E-state index contributed by atoms with van der Waals surface area (Å²) in [6, 6.07) is 0. The predicted molar refractivity (Wildman–Crippen MR) is 295 cm³/mol. The van der Waals surface area contributed by atoms with Crippen molar-refractivity contribution in [1.82, 2.24) is 14.9 Å². The van der Waals surface area contributed by atoms with E-state index in [1.807, 2.05) is 0 Å². The van der Waals surface area contributed by atoms with Crippen LogP contribution in [0.5, 0.6) is 0 Å². The van der Waals surface area contributed by atoms with E-state index >= 15 is 0 Å². The van der Waals surface area contributed by atoms with Gasteiger partial charge < -0.3 is 15.5 Å². The molecule has 0 radical (unpaired) electrons. The lowest BCUT2D eigenvalue weighted by Gasteiger charge is -2.20. The van der Waals surface area contributed by atoms with Crippen LogP contribution in [0.25, 0.3) is 0 Å². The molecule has 0 saturated heterocycles. The van der Waals surface area contributed by atoms with Crippen LogP contribution in [-0.4, -0.2) is 90.6 Å². The van der Waals surface area contributed by atoms with Gasteiger partial charge in [0.15, 0.2) is 0 Å². The van der Waals surface area contributed by atoms with Gasteiger partial charge in [0.05, 0.1) is 26.4 Å². The number of hydrogen-bond acceptors (Lipinski definition) is 10. The van der Waals surface area contributed by atoms with Crippen molar-refractivity contribution in [3.8, 4) is 0 Å². The lowest BCUT2D eigenvalue weighted by molar-refractivity contribution is 0.189. The smallest absolute Gasteiger partial charge is 0.330 e. The van der Waals surface area contributed by atoms with Gasteiger partial charge in [-0.15, -0.1) is 0 Å². The Hall–Kier alpha value is 1.53. The molecule has 0 aromatic carbocycles. The van der Waals surface area contributed by atoms with Crippen molar-refractivity contribution in [2.75, 3.05) is 80.8 Å². The third-order valence-electron chi connectivity index (χ3n) is 10.4. The van der Waals surface area contributed by atoms with E-state index in [0.717, 1.165) is 90.3 Å². The molecule has 11 nitrogen and oxygen atoms in total. The van der Waals surface area contributed by atoms with Crippen molar-refractivity contribution >= 4 is 64.9 Å². The minimum Gasteiger partial charge on any atom is -0.330 e. The van der Waals surface area contributed by atoms with Crippen LogP contribution >= 0.6 is 64.9 Å². The topological polar surface area (TPSA) is 133 Å². The Morgan fingerprint density at radius 2 is 0.652 bits per heavy atom. The molecule has 0 atom stereocenters. The van der Waals surface area contributed by atoms with E-state index in [9.17, 15) is 13.7 Å². The molecule has 0 aliphatic rings. The van der Waals surface area contributed by atoms with Crippen LogP contribution in [0.15, 0.2) is 0 Å². The maximum atomic E-state index is 13.1. The Labute approximate surface area is 428 Å². The number of nitrogens with one attached hydrogen (secondary N) is 1. The first-order valence-corrected chi connectivity index (χ1v) is 34.8. The molecule has 0 saturated carbocycles. The lowest BCUT2D eigenvalue weighted by Crippen LogP contribution is -2.19. The van der Waals surface area contributed by atoms with Crippen LogP contribution < -0.4 is 10.8 Å². The lowest BCUT2D eigenvalue weighted by atomic mass is 10.1. The molecule has 0 aromatic rings. The van der Waals surface area contributed by atoms with Crippen LogP contribution in [-0.2, 0) is 31.8 Å². The molecule has 0 unspecified atom stereocenters. The molecule has 0 fully saturated rings. The van der Waals surface area contributed by atoms with Crippen LogP contribution in [0, 0.1) is 0 Å². The standard InChI is InChI=1S/C24H53N2O3P.C18H38ClO3P.C6H16N2.Cl3OP/c1-5-7-9-11-13-15-19-23-28-30(27,25-21-17-18-22-26(3)4)29-24-20-16-14-12-10-8-6-2;1-3-5-7-9-11-13-15-17-21-23(19,20)22-18-16-14-12-10-8-6-4-2;1-8(2)6-4-3-5-7;1-5(2,3)4/h5-24H2,1-4H3,(H,25,27);3-18H2,1-2H3;3-7H2,1-2H3;. The van der Waals surface area contributed by atoms with Crippen molar-refractivity contribution in [3.63, 3.8) is 0 Å². The Morgan fingerprint density at radius 1 is 0.394 bits per heavy atom. The van der Waals surface area contributed by atoms with E-state index in [-0.39, 0.29) is 0 Å². The third-order valence-corrected chi connectivity index (χ3v) is 13.6. The van der Waals surface area contributed by atoms with Gasteiger partial charge >= 0.3 is 19.9 Å². The van der Waals surface area contributed by atoms with E-state index in [1.54, 1.807) is 0 Å². The maximum Gasteiger partial charge on any atom is 0.424 e. The van der Waals surface area contributed by atoms with Gasteiger partial charge in [-0.3, -0.25) is 22.7 Å². The highest BCUT2D eigenvalue weighted by molar-refractivity contribution is 8.24. The number of unbranched alkanes of at least 4 members (excludes halogenated alkanes) is 26. The molecule has 0 aliphatic carbocycles. The molecule has 0 aromatic heterocycles. The highest BCUT2D eigenvalue weighted by atomic mass is 36.0. The predicted octanol–water partition coefficient (Wildman–Crippen LogP) is 18.5. The minimum absolute atomic E-state index is 0.436. The molecule has 0 aliphatic heterocycles. The Kier molecular flexibility index (Phi) is 64.4. The summed E-state index contributed by atoms with van der Waals surface area (Å²) in [4.78, 5) is 4.35. The highest BCUT2D eigenvalue weighted by Crippen LogP contribution is 2.61.